The van der Waals surface area contributed by atoms with Crippen molar-refractivity contribution in [2.24, 2.45) is 0 Å². The molecule has 2 aromatic rings. The molecule has 0 N–H and O–H groups in total. The standard InChI is InChI=1S/C11H16N4S/c1-10(2)14(6-11-4-3-5-16-11)9-15-8-12-7-13-15/h3-5,7-8,10H,6,9H2,1-2H3. The minimum absolute atomic E-state index is 0.492. The molecule has 0 amide bonds. The van der Waals surface area contributed by atoms with Crippen molar-refractivity contribution in [2.75, 3.05) is 0 Å². The second kappa shape index (κ2) is 5.23. The van der Waals surface area contributed by atoms with Crippen LogP contribution in [0.2, 0.25) is 0 Å². The summed E-state index contributed by atoms with van der Waals surface area (Å²) in [6.07, 6.45) is 3.33. The highest BCUT2D eigenvalue weighted by atomic mass is 32.1. The fourth-order valence-corrected chi connectivity index (χ4v) is 2.22. The molecule has 0 spiro atoms. The molecule has 0 aliphatic heterocycles. The van der Waals surface area contributed by atoms with Gasteiger partial charge in [-0.1, -0.05) is 6.07 Å². The molecule has 2 aromatic heterocycles. The fourth-order valence-electron chi connectivity index (χ4n) is 1.49. The van der Waals surface area contributed by atoms with Gasteiger partial charge in [-0.05, 0) is 25.3 Å². The van der Waals surface area contributed by atoms with Gasteiger partial charge in [0.05, 0.1) is 6.67 Å². The maximum Gasteiger partial charge on any atom is 0.137 e. The van der Waals surface area contributed by atoms with Crippen LogP contribution in [0.5, 0.6) is 0 Å². The highest BCUT2D eigenvalue weighted by Gasteiger charge is 2.11. The molecular weight excluding hydrogens is 220 g/mol. The molecule has 0 fully saturated rings. The lowest BCUT2D eigenvalue weighted by Gasteiger charge is -2.25. The maximum absolute atomic E-state index is 4.14. The van der Waals surface area contributed by atoms with E-state index in [4.69, 9.17) is 0 Å². The van der Waals surface area contributed by atoms with Crippen LogP contribution in [0.4, 0.5) is 0 Å². The zero-order valence-electron chi connectivity index (χ0n) is 9.58. The van der Waals surface area contributed by atoms with Crippen molar-refractivity contribution < 1.29 is 0 Å². The predicted molar refractivity (Wildman–Crippen MR) is 65.0 cm³/mol. The quantitative estimate of drug-likeness (QED) is 0.798. The Balaban J connectivity index is 2.00. The number of thiophene rings is 1. The Kier molecular flexibility index (Phi) is 3.69. The molecule has 16 heavy (non-hydrogen) atoms. The zero-order valence-corrected chi connectivity index (χ0v) is 10.4. The van der Waals surface area contributed by atoms with Crippen LogP contribution in [-0.2, 0) is 13.2 Å². The van der Waals surface area contributed by atoms with Crippen LogP contribution in [0.1, 0.15) is 18.7 Å². The van der Waals surface area contributed by atoms with Crippen molar-refractivity contribution in [1.29, 1.82) is 0 Å². The van der Waals surface area contributed by atoms with Crippen molar-refractivity contribution in [3.05, 3.63) is 35.0 Å². The average Bonchev–Trinajstić information content (AvgIpc) is 2.88. The van der Waals surface area contributed by atoms with Gasteiger partial charge in [0.1, 0.15) is 12.7 Å². The van der Waals surface area contributed by atoms with E-state index < -0.39 is 0 Å². The number of aromatic nitrogens is 3. The molecule has 86 valence electrons. The molecule has 0 aliphatic rings. The van der Waals surface area contributed by atoms with Gasteiger partial charge < -0.3 is 0 Å². The van der Waals surface area contributed by atoms with Gasteiger partial charge in [-0.25, -0.2) is 9.67 Å². The maximum atomic E-state index is 4.14. The lowest BCUT2D eigenvalue weighted by atomic mass is 10.3. The normalized spacial score (nSPS) is 11.5. The van der Waals surface area contributed by atoms with Gasteiger partial charge in [0.25, 0.3) is 0 Å². The molecule has 4 nitrogen and oxygen atoms in total. The van der Waals surface area contributed by atoms with Crippen molar-refractivity contribution >= 4 is 11.3 Å². The highest BCUT2D eigenvalue weighted by Crippen LogP contribution is 2.14. The summed E-state index contributed by atoms with van der Waals surface area (Å²) in [6.45, 7) is 6.15. The third-order valence-corrected chi connectivity index (χ3v) is 3.32. The Morgan fingerprint density at radius 2 is 2.38 bits per heavy atom. The number of rotatable bonds is 5. The van der Waals surface area contributed by atoms with E-state index in [0.29, 0.717) is 6.04 Å². The largest absolute Gasteiger partial charge is 0.277 e. The summed E-state index contributed by atoms with van der Waals surface area (Å²) in [5, 5.41) is 6.25. The summed E-state index contributed by atoms with van der Waals surface area (Å²) in [7, 11) is 0. The van der Waals surface area contributed by atoms with Gasteiger partial charge in [-0.3, -0.25) is 4.90 Å². The molecule has 0 atom stereocenters. The Labute approximate surface area is 99.5 Å². The van der Waals surface area contributed by atoms with E-state index in [9.17, 15) is 0 Å². The summed E-state index contributed by atoms with van der Waals surface area (Å²) in [6, 6.07) is 4.75. The first-order valence-electron chi connectivity index (χ1n) is 5.34. The molecule has 0 aliphatic carbocycles. The summed E-state index contributed by atoms with van der Waals surface area (Å²) < 4.78 is 1.85. The van der Waals surface area contributed by atoms with E-state index in [-0.39, 0.29) is 0 Å². The Morgan fingerprint density at radius 3 is 2.94 bits per heavy atom. The predicted octanol–water partition coefficient (Wildman–Crippen LogP) is 2.21. The average molecular weight is 236 g/mol. The molecule has 0 saturated carbocycles. The Bertz CT molecular complexity index is 357. The van der Waals surface area contributed by atoms with E-state index >= 15 is 0 Å². The monoisotopic (exact) mass is 236 g/mol. The van der Waals surface area contributed by atoms with Crippen LogP contribution >= 0.6 is 11.3 Å². The minimum atomic E-state index is 0.492. The van der Waals surface area contributed by atoms with Gasteiger partial charge in [0, 0.05) is 17.5 Å². The number of hydrogen-bond acceptors (Lipinski definition) is 4. The van der Waals surface area contributed by atoms with Crippen LogP contribution in [-0.4, -0.2) is 25.7 Å². The Morgan fingerprint density at radius 1 is 1.50 bits per heavy atom. The molecule has 0 bridgehead atoms. The summed E-state index contributed by atoms with van der Waals surface area (Å²) >= 11 is 1.79. The summed E-state index contributed by atoms with van der Waals surface area (Å²) in [5.41, 5.74) is 0. The highest BCUT2D eigenvalue weighted by molar-refractivity contribution is 7.09. The molecule has 0 radical (unpaired) electrons. The van der Waals surface area contributed by atoms with Crippen LogP contribution in [0.15, 0.2) is 30.2 Å². The molecule has 2 rings (SSSR count). The lowest BCUT2D eigenvalue weighted by Crippen LogP contribution is -2.32. The first kappa shape index (κ1) is 11.3. The number of hydrogen-bond donors (Lipinski definition) is 0. The first-order valence-corrected chi connectivity index (χ1v) is 6.22. The topological polar surface area (TPSA) is 34.0 Å². The van der Waals surface area contributed by atoms with Gasteiger partial charge in [-0.15, -0.1) is 11.3 Å². The smallest absolute Gasteiger partial charge is 0.137 e. The van der Waals surface area contributed by atoms with Gasteiger partial charge in [-0.2, -0.15) is 5.10 Å². The molecule has 0 unspecified atom stereocenters. The molecule has 0 aromatic carbocycles. The minimum Gasteiger partial charge on any atom is -0.277 e. The second-order valence-corrected chi connectivity index (χ2v) is 5.03. The van der Waals surface area contributed by atoms with Gasteiger partial charge in [0.2, 0.25) is 0 Å². The summed E-state index contributed by atoms with van der Waals surface area (Å²) in [5.74, 6) is 0. The van der Waals surface area contributed by atoms with Gasteiger partial charge >= 0.3 is 0 Å². The zero-order chi connectivity index (χ0) is 11.4. The van der Waals surface area contributed by atoms with Crippen LogP contribution in [0.3, 0.4) is 0 Å². The molecular formula is C11H16N4S. The van der Waals surface area contributed by atoms with Crippen LogP contribution in [0, 0.1) is 0 Å². The molecule has 0 saturated heterocycles. The second-order valence-electron chi connectivity index (χ2n) is 4.00. The first-order chi connectivity index (χ1) is 7.75. The molecule has 2 heterocycles. The van der Waals surface area contributed by atoms with E-state index in [2.05, 4.69) is 46.3 Å². The van der Waals surface area contributed by atoms with E-state index in [0.717, 1.165) is 13.2 Å². The van der Waals surface area contributed by atoms with E-state index in [1.54, 1.807) is 24.0 Å². The van der Waals surface area contributed by atoms with Crippen LogP contribution in [0.25, 0.3) is 0 Å². The lowest BCUT2D eigenvalue weighted by molar-refractivity contribution is 0.156. The third-order valence-electron chi connectivity index (χ3n) is 2.46. The van der Waals surface area contributed by atoms with E-state index in [1.165, 1.54) is 4.88 Å². The van der Waals surface area contributed by atoms with Crippen molar-refractivity contribution in [3.63, 3.8) is 0 Å². The van der Waals surface area contributed by atoms with Crippen molar-refractivity contribution in [1.82, 2.24) is 19.7 Å². The summed E-state index contributed by atoms with van der Waals surface area (Å²) in [4.78, 5) is 7.70. The van der Waals surface area contributed by atoms with Crippen molar-refractivity contribution in [3.8, 4) is 0 Å². The third kappa shape index (κ3) is 2.90. The van der Waals surface area contributed by atoms with E-state index in [1.807, 2.05) is 4.68 Å². The van der Waals surface area contributed by atoms with Gasteiger partial charge in [0.15, 0.2) is 0 Å². The van der Waals surface area contributed by atoms with Crippen LogP contribution < -0.4 is 0 Å². The Hall–Kier alpha value is -1.20. The van der Waals surface area contributed by atoms with Crippen molar-refractivity contribution in [2.45, 2.75) is 33.1 Å². The number of nitrogens with zero attached hydrogens (tertiary/aromatic N) is 4. The fraction of sp³-hybridized carbons (Fsp3) is 0.455. The SMILES string of the molecule is CC(C)N(Cc1cccs1)Cn1cncn1. The molecule has 5 heteroatoms.